The second-order valence-corrected chi connectivity index (χ2v) is 2.88. The third-order valence-corrected chi connectivity index (χ3v) is 1.60. The van der Waals surface area contributed by atoms with E-state index in [2.05, 4.69) is 13.2 Å². The Hall–Kier alpha value is -1.09. The lowest BCUT2D eigenvalue weighted by Gasteiger charge is -2.15. The van der Waals surface area contributed by atoms with Gasteiger partial charge in [0.15, 0.2) is 0 Å². The first kappa shape index (κ1) is 12.9. The van der Waals surface area contributed by atoms with Crippen LogP contribution in [-0.4, -0.2) is 25.3 Å². The summed E-state index contributed by atoms with van der Waals surface area (Å²) in [7, 11) is 0. The Morgan fingerprint density at radius 2 is 2.21 bits per heavy atom. The summed E-state index contributed by atoms with van der Waals surface area (Å²) < 4.78 is 10.3. The zero-order valence-electron chi connectivity index (χ0n) is 8.70. The van der Waals surface area contributed by atoms with Crippen molar-refractivity contribution >= 4 is 5.97 Å². The SMILES string of the molecule is C=CCOCC(CCC)OC(=O)C=C. The van der Waals surface area contributed by atoms with Gasteiger partial charge < -0.3 is 9.47 Å². The van der Waals surface area contributed by atoms with Gasteiger partial charge in [0.25, 0.3) is 0 Å². The average molecular weight is 198 g/mol. The third kappa shape index (κ3) is 6.43. The molecule has 0 aromatic rings. The van der Waals surface area contributed by atoms with Crippen LogP contribution in [0.2, 0.25) is 0 Å². The van der Waals surface area contributed by atoms with Crippen LogP contribution in [0.5, 0.6) is 0 Å². The van der Waals surface area contributed by atoms with Gasteiger partial charge in [-0.05, 0) is 6.42 Å². The lowest BCUT2D eigenvalue weighted by Crippen LogP contribution is -2.22. The molecule has 0 N–H and O–H groups in total. The summed E-state index contributed by atoms with van der Waals surface area (Å²) in [5.41, 5.74) is 0. The molecule has 1 unspecified atom stereocenters. The van der Waals surface area contributed by atoms with Crippen LogP contribution < -0.4 is 0 Å². The molecule has 0 aliphatic rings. The lowest BCUT2D eigenvalue weighted by molar-refractivity contribution is -0.146. The molecular weight excluding hydrogens is 180 g/mol. The monoisotopic (exact) mass is 198 g/mol. The molecule has 0 aromatic heterocycles. The number of carbonyl (C=O) groups is 1. The van der Waals surface area contributed by atoms with Gasteiger partial charge in [-0.15, -0.1) is 6.58 Å². The highest BCUT2D eigenvalue weighted by Crippen LogP contribution is 2.03. The van der Waals surface area contributed by atoms with Gasteiger partial charge in [0.2, 0.25) is 0 Å². The minimum Gasteiger partial charge on any atom is -0.457 e. The molecule has 3 nitrogen and oxygen atoms in total. The maximum atomic E-state index is 10.9. The van der Waals surface area contributed by atoms with Gasteiger partial charge >= 0.3 is 5.97 Å². The van der Waals surface area contributed by atoms with Crippen molar-refractivity contribution in [3.63, 3.8) is 0 Å². The minimum atomic E-state index is -0.398. The highest BCUT2D eigenvalue weighted by molar-refractivity contribution is 5.81. The Bertz CT molecular complexity index is 187. The summed E-state index contributed by atoms with van der Waals surface area (Å²) in [6, 6.07) is 0. The zero-order chi connectivity index (χ0) is 10.8. The summed E-state index contributed by atoms with van der Waals surface area (Å²) in [4.78, 5) is 10.9. The molecule has 0 radical (unpaired) electrons. The van der Waals surface area contributed by atoms with Crippen LogP contribution in [0, 0.1) is 0 Å². The Morgan fingerprint density at radius 3 is 2.71 bits per heavy atom. The highest BCUT2D eigenvalue weighted by Gasteiger charge is 2.11. The van der Waals surface area contributed by atoms with Gasteiger partial charge in [0, 0.05) is 6.08 Å². The van der Waals surface area contributed by atoms with Gasteiger partial charge in [-0.25, -0.2) is 4.79 Å². The lowest BCUT2D eigenvalue weighted by atomic mass is 10.2. The molecule has 0 aliphatic carbocycles. The summed E-state index contributed by atoms with van der Waals surface area (Å²) >= 11 is 0. The van der Waals surface area contributed by atoms with Crippen molar-refractivity contribution in [2.45, 2.75) is 25.9 Å². The van der Waals surface area contributed by atoms with Crippen LogP contribution in [0.3, 0.4) is 0 Å². The first-order chi connectivity index (χ1) is 6.74. The number of esters is 1. The standard InChI is InChI=1S/C11H18O3/c1-4-7-10(9-13-8-5-2)14-11(12)6-3/h5-6,10H,2-4,7-9H2,1H3. The molecular formula is C11H18O3. The molecule has 0 aliphatic heterocycles. The zero-order valence-corrected chi connectivity index (χ0v) is 8.70. The minimum absolute atomic E-state index is 0.176. The third-order valence-electron chi connectivity index (χ3n) is 1.60. The first-order valence-electron chi connectivity index (χ1n) is 4.76. The number of hydrogen-bond donors (Lipinski definition) is 0. The molecule has 80 valence electrons. The predicted octanol–water partition coefficient (Wildman–Crippen LogP) is 2.09. The maximum absolute atomic E-state index is 10.9. The second-order valence-electron chi connectivity index (χ2n) is 2.88. The van der Waals surface area contributed by atoms with Gasteiger partial charge in [-0.2, -0.15) is 0 Å². The van der Waals surface area contributed by atoms with Crippen molar-refractivity contribution in [1.29, 1.82) is 0 Å². The van der Waals surface area contributed by atoms with Crippen LogP contribution in [0.4, 0.5) is 0 Å². The Balaban J connectivity index is 3.81. The van der Waals surface area contributed by atoms with Crippen molar-refractivity contribution in [2.24, 2.45) is 0 Å². The highest BCUT2D eigenvalue weighted by atomic mass is 16.6. The largest absolute Gasteiger partial charge is 0.457 e. The van der Waals surface area contributed by atoms with E-state index in [1.54, 1.807) is 6.08 Å². The molecule has 14 heavy (non-hydrogen) atoms. The summed E-state index contributed by atoms with van der Waals surface area (Å²) in [6.45, 7) is 9.79. The van der Waals surface area contributed by atoms with Gasteiger partial charge in [0.1, 0.15) is 6.10 Å². The quantitative estimate of drug-likeness (QED) is 0.259. The van der Waals surface area contributed by atoms with Crippen molar-refractivity contribution in [1.82, 2.24) is 0 Å². The molecule has 0 saturated carbocycles. The predicted molar refractivity (Wildman–Crippen MR) is 56.0 cm³/mol. The Kier molecular flexibility index (Phi) is 7.84. The molecule has 0 saturated heterocycles. The van der Waals surface area contributed by atoms with Crippen LogP contribution >= 0.6 is 0 Å². The van der Waals surface area contributed by atoms with Crippen LogP contribution in [0.15, 0.2) is 25.3 Å². The Labute approximate surface area is 85.4 Å². The van der Waals surface area contributed by atoms with Crippen LogP contribution in [0.1, 0.15) is 19.8 Å². The molecule has 1 atom stereocenters. The number of carbonyl (C=O) groups excluding carboxylic acids is 1. The van der Waals surface area contributed by atoms with E-state index in [-0.39, 0.29) is 6.10 Å². The van der Waals surface area contributed by atoms with E-state index in [0.717, 1.165) is 18.9 Å². The van der Waals surface area contributed by atoms with Crippen LogP contribution in [-0.2, 0) is 14.3 Å². The molecule has 3 heteroatoms. The van der Waals surface area contributed by atoms with E-state index < -0.39 is 5.97 Å². The molecule has 0 spiro atoms. The van der Waals surface area contributed by atoms with Gasteiger partial charge in [-0.3, -0.25) is 0 Å². The molecule has 0 heterocycles. The maximum Gasteiger partial charge on any atom is 0.330 e. The summed E-state index contributed by atoms with van der Waals surface area (Å²) in [6.07, 6.45) is 4.41. The smallest absolute Gasteiger partial charge is 0.330 e. The molecule has 0 aromatic carbocycles. The summed E-state index contributed by atoms with van der Waals surface area (Å²) in [5.74, 6) is -0.398. The number of hydrogen-bond acceptors (Lipinski definition) is 3. The fraction of sp³-hybridized carbons (Fsp3) is 0.545. The molecule has 0 fully saturated rings. The number of rotatable bonds is 8. The van der Waals surface area contributed by atoms with Crippen molar-refractivity contribution in [2.75, 3.05) is 13.2 Å². The molecule has 0 rings (SSSR count). The van der Waals surface area contributed by atoms with E-state index >= 15 is 0 Å². The second kappa shape index (κ2) is 8.51. The normalized spacial score (nSPS) is 11.8. The summed E-state index contributed by atoms with van der Waals surface area (Å²) in [5, 5.41) is 0. The van der Waals surface area contributed by atoms with E-state index in [9.17, 15) is 4.79 Å². The number of ether oxygens (including phenoxy) is 2. The topological polar surface area (TPSA) is 35.5 Å². The molecule has 0 amide bonds. The van der Waals surface area contributed by atoms with Gasteiger partial charge in [0.05, 0.1) is 13.2 Å². The van der Waals surface area contributed by atoms with E-state index in [0.29, 0.717) is 13.2 Å². The van der Waals surface area contributed by atoms with Gasteiger partial charge in [-0.1, -0.05) is 26.0 Å². The van der Waals surface area contributed by atoms with E-state index in [4.69, 9.17) is 9.47 Å². The van der Waals surface area contributed by atoms with E-state index in [1.807, 2.05) is 6.92 Å². The van der Waals surface area contributed by atoms with Crippen molar-refractivity contribution < 1.29 is 14.3 Å². The van der Waals surface area contributed by atoms with E-state index in [1.165, 1.54) is 0 Å². The first-order valence-corrected chi connectivity index (χ1v) is 4.76. The average Bonchev–Trinajstić information content (AvgIpc) is 2.18. The Morgan fingerprint density at radius 1 is 1.50 bits per heavy atom. The van der Waals surface area contributed by atoms with Crippen molar-refractivity contribution in [3.8, 4) is 0 Å². The fourth-order valence-corrected chi connectivity index (χ4v) is 0.993. The van der Waals surface area contributed by atoms with Crippen LogP contribution in [0.25, 0.3) is 0 Å². The van der Waals surface area contributed by atoms with Crippen molar-refractivity contribution in [3.05, 3.63) is 25.3 Å². The molecule has 0 bridgehead atoms. The fourth-order valence-electron chi connectivity index (χ4n) is 0.993.